The average Bonchev–Trinajstić information content (AvgIpc) is 3.90. The van der Waals surface area contributed by atoms with Gasteiger partial charge in [0.15, 0.2) is 0 Å². The lowest BCUT2D eigenvalue weighted by Crippen LogP contribution is -2.40. The van der Waals surface area contributed by atoms with Crippen LogP contribution in [-0.2, 0) is 10.8 Å². The number of rotatable bonds is 6. The van der Waals surface area contributed by atoms with Gasteiger partial charge in [0, 0.05) is 33.2 Å². The van der Waals surface area contributed by atoms with Gasteiger partial charge in [-0.25, -0.2) is 0 Å². The first-order valence-corrected chi connectivity index (χ1v) is 23.0. The molecule has 0 amide bonds. The zero-order chi connectivity index (χ0) is 44.0. The van der Waals surface area contributed by atoms with Gasteiger partial charge in [0.05, 0.1) is 5.41 Å². The van der Waals surface area contributed by atoms with E-state index in [2.05, 4.69) is 243 Å². The highest BCUT2D eigenvalue weighted by Crippen LogP contribution is 2.62. The van der Waals surface area contributed by atoms with Crippen molar-refractivity contribution in [3.05, 3.63) is 270 Å². The Morgan fingerprint density at radius 2 is 0.788 bits per heavy atom. The van der Waals surface area contributed by atoms with Crippen LogP contribution in [0.3, 0.4) is 0 Å². The summed E-state index contributed by atoms with van der Waals surface area (Å²) in [5, 5.41) is 2.28. The van der Waals surface area contributed by atoms with E-state index in [1.165, 1.54) is 66.8 Å². The molecule has 11 aromatic rings. The molecule has 312 valence electrons. The SMILES string of the molecule is CC1(C)c2ccccc2C2(c3ccccc3-c3ccc(-c4cccc(N(c5ccc(-c6ccc7c(c6)oc6ccccc67)cc5)c5cccc(-c6ccccc6)c5)c4)cc32)c2ccccc21. The largest absolute Gasteiger partial charge is 0.456 e. The van der Waals surface area contributed by atoms with Crippen molar-refractivity contribution in [1.29, 1.82) is 0 Å². The fraction of sp³-hybridized carbons (Fsp3) is 0.0625. The van der Waals surface area contributed by atoms with Gasteiger partial charge in [-0.1, -0.05) is 190 Å². The van der Waals surface area contributed by atoms with Crippen molar-refractivity contribution in [2.24, 2.45) is 0 Å². The van der Waals surface area contributed by atoms with Crippen LogP contribution in [-0.4, -0.2) is 0 Å². The van der Waals surface area contributed by atoms with Crippen molar-refractivity contribution >= 4 is 39.0 Å². The summed E-state index contributed by atoms with van der Waals surface area (Å²) in [5.74, 6) is 0. The monoisotopic (exact) mass is 843 g/mol. The number of benzene rings is 10. The van der Waals surface area contributed by atoms with Gasteiger partial charge >= 0.3 is 0 Å². The zero-order valence-electron chi connectivity index (χ0n) is 36.9. The second kappa shape index (κ2) is 14.7. The number of fused-ring (bicyclic) bond motifs is 12. The molecule has 1 aromatic heterocycles. The lowest BCUT2D eigenvalue weighted by molar-refractivity contribution is 0.563. The van der Waals surface area contributed by atoms with E-state index in [1.54, 1.807) is 0 Å². The molecule has 0 aliphatic heterocycles. The van der Waals surface area contributed by atoms with Gasteiger partial charge in [0.1, 0.15) is 11.2 Å². The molecule has 0 fully saturated rings. The van der Waals surface area contributed by atoms with Crippen LogP contribution >= 0.6 is 0 Å². The summed E-state index contributed by atoms with van der Waals surface area (Å²) in [6, 6.07) is 87.0. The van der Waals surface area contributed by atoms with Crippen LogP contribution in [0, 0.1) is 0 Å². The van der Waals surface area contributed by atoms with Gasteiger partial charge in [0.25, 0.3) is 0 Å². The number of para-hydroxylation sites is 1. The van der Waals surface area contributed by atoms with E-state index in [1.807, 2.05) is 12.1 Å². The predicted molar refractivity (Wildman–Crippen MR) is 274 cm³/mol. The summed E-state index contributed by atoms with van der Waals surface area (Å²) in [4.78, 5) is 2.39. The summed E-state index contributed by atoms with van der Waals surface area (Å²) in [7, 11) is 0. The van der Waals surface area contributed by atoms with Crippen LogP contribution in [0.1, 0.15) is 47.2 Å². The van der Waals surface area contributed by atoms with Crippen molar-refractivity contribution < 1.29 is 4.42 Å². The number of hydrogen-bond acceptors (Lipinski definition) is 2. The first-order chi connectivity index (χ1) is 32.5. The summed E-state index contributed by atoms with van der Waals surface area (Å²) < 4.78 is 6.29. The van der Waals surface area contributed by atoms with E-state index in [9.17, 15) is 0 Å². The molecule has 0 bridgehead atoms. The number of hydrogen-bond donors (Lipinski definition) is 0. The fourth-order valence-electron chi connectivity index (χ4n) is 11.5. The Morgan fingerprint density at radius 3 is 1.50 bits per heavy atom. The lowest BCUT2D eigenvalue weighted by atomic mass is 9.55. The normalized spacial score (nSPS) is 13.8. The maximum atomic E-state index is 6.29. The first kappa shape index (κ1) is 38.3. The molecule has 0 saturated heterocycles. The minimum absolute atomic E-state index is 0.149. The van der Waals surface area contributed by atoms with Crippen molar-refractivity contribution in [3.63, 3.8) is 0 Å². The molecule has 2 aliphatic carbocycles. The zero-order valence-corrected chi connectivity index (χ0v) is 36.9. The molecule has 10 aromatic carbocycles. The third kappa shape index (κ3) is 5.68. The van der Waals surface area contributed by atoms with E-state index in [0.717, 1.165) is 50.1 Å². The van der Waals surface area contributed by atoms with Gasteiger partial charge in [-0.3, -0.25) is 0 Å². The summed E-state index contributed by atoms with van der Waals surface area (Å²) >= 11 is 0. The van der Waals surface area contributed by atoms with Crippen LogP contribution in [0.2, 0.25) is 0 Å². The maximum Gasteiger partial charge on any atom is 0.136 e. The molecule has 66 heavy (non-hydrogen) atoms. The number of anilines is 3. The van der Waals surface area contributed by atoms with Crippen molar-refractivity contribution in [2.75, 3.05) is 4.90 Å². The minimum atomic E-state index is -0.456. The molecular formula is C64H45NO. The smallest absolute Gasteiger partial charge is 0.136 e. The Balaban J connectivity index is 0.954. The Kier molecular flexibility index (Phi) is 8.51. The molecule has 2 nitrogen and oxygen atoms in total. The molecule has 0 N–H and O–H groups in total. The van der Waals surface area contributed by atoms with Crippen LogP contribution in [0.4, 0.5) is 17.1 Å². The molecule has 2 heteroatoms. The standard InChI is InChI=1S/C64H45NO/c1-63(2)56-25-9-11-27-58(56)64(59-28-12-10-26-57(59)63)55-24-8-6-22-51(55)52-36-32-46(40-60(52)64)45-19-15-21-50(39-45)65(49-20-14-18-44(38-49)42-16-4-3-5-17-42)48-34-30-43(31-35-48)47-33-37-54-53-23-7-13-29-61(53)66-62(54)41-47/h3-41H,1-2H3. The molecule has 0 saturated carbocycles. The third-order valence-corrected chi connectivity index (χ3v) is 14.5. The number of furan rings is 1. The van der Waals surface area contributed by atoms with Crippen LogP contribution < -0.4 is 4.90 Å². The van der Waals surface area contributed by atoms with E-state index in [4.69, 9.17) is 4.42 Å². The van der Waals surface area contributed by atoms with Gasteiger partial charge in [-0.2, -0.15) is 0 Å². The summed E-state index contributed by atoms with van der Waals surface area (Å²) in [5.41, 5.74) is 22.2. The van der Waals surface area contributed by atoms with Gasteiger partial charge < -0.3 is 9.32 Å². The molecule has 0 radical (unpaired) electrons. The minimum Gasteiger partial charge on any atom is -0.456 e. The van der Waals surface area contributed by atoms with Crippen LogP contribution in [0.5, 0.6) is 0 Å². The Morgan fingerprint density at radius 1 is 0.303 bits per heavy atom. The van der Waals surface area contributed by atoms with E-state index >= 15 is 0 Å². The molecule has 13 rings (SSSR count). The fourth-order valence-corrected chi connectivity index (χ4v) is 11.5. The molecule has 1 heterocycles. The van der Waals surface area contributed by atoms with Crippen molar-refractivity contribution in [2.45, 2.75) is 24.7 Å². The van der Waals surface area contributed by atoms with Crippen molar-refractivity contribution in [3.8, 4) is 44.5 Å². The second-order valence-electron chi connectivity index (χ2n) is 18.4. The lowest BCUT2D eigenvalue weighted by Gasteiger charge is -2.46. The van der Waals surface area contributed by atoms with Gasteiger partial charge in [-0.05, 0) is 139 Å². The molecular weight excluding hydrogens is 799 g/mol. The predicted octanol–water partition coefficient (Wildman–Crippen LogP) is 17.1. The van der Waals surface area contributed by atoms with Crippen LogP contribution in [0.15, 0.2) is 241 Å². The molecule has 2 aliphatic rings. The van der Waals surface area contributed by atoms with Crippen LogP contribution in [0.25, 0.3) is 66.4 Å². The topological polar surface area (TPSA) is 16.4 Å². The Labute approximate surface area is 385 Å². The maximum absolute atomic E-state index is 6.29. The quantitative estimate of drug-likeness (QED) is 0.166. The highest BCUT2D eigenvalue weighted by Gasteiger charge is 2.53. The highest BCUT2D eigenvalue weighted by atomic mass is 16.3. The molecule has 0 unspecified atom stereocenters. The molecule has 0 atom stereocenters. The average molecular weight is 844 g/mol. The van der Waals surface area contributed by atoms with Gasteiger partial charge in [-0.15, -0.1) is 0 Å². The van der Waals surface area contributed by atoms with Crippen molar-refractivity contribution in [1.82, 2.24) is 0 Å². The third-order valence-electron chi connectivity index (χ3n) is 14.5. The Hall–Kier alpha value is -8.20. The Bertz CT molecular complexity index is 3640. The van der Waals surface area contributed by atoms with E-state index < -0.39 is 5.41 Å². The van der Waals surface area contributed by atoms with Gasteiger partial charge in [0.2, 0.25) is 0 Å². The molecule has 1 spiro atoms. The van der Waals surface area contributed by atoms with E-state index in [-0.39, 0.29) is 5.41 Å². The number of nitrogens with zero attached hydrogens (tertiary/aromatic N) is 1. The first-order valence-electron chi connectivity index (χ1n) is 23.0. The summed E-state index contributed by atoms with van der Waals surface area (Å²) in [6.45, 7) is 4.77. The van der Waals surface area contributed by atoms with E-state index in [0.29, 0.717) is 0 Å². The second-order valence-corrected chi connectivity index (χ2v) is 18.4. The summed E-state index contributed by atoms with van der Waals surface area (Å²) in [6.07, 6.45) is 0. The highest BCUT2D eigenvalue weighted by molar-refractivity contribution is 6.06.